The molecule has 0 aliphatic heterocycles. The third-order valence-corrected chi connectivity index (χ3v) is 0. The predicted molar refractivity (Wildman–Crippen MR) is 12.4 cm³/mol. The molecule has 0 aromatic heterocycles. The first-order chi connectivity index (χ1) is 1.73. The van der Waals surface area contributed by atoms with Gasteiger partial charge in [-0.2, -0.15) is 0 Å². The Balaban J connectivity index is 2.32. The zero-order chi connectivity index (χ0) is 3.58. The van der Waals surface area contributed by atoms with Crippen LogP contribution in [0.4, 0.5) is 0 Å². The Hall–Kier alpha value is 0.399. The van der Waals surface area contributed by atoms with Crippen molar-refractivity contribution < 1.29 is 12.6 Å². The molecule has 3 N–H and O–H groups in total. The summed E-state index contributed by atoms with van der Waals surface area (Å²) in [4.78, 5) is 0. The third-order valence-electron chi connectivity index (χ3n) is 0. The molecule has 27 valence electrons. The zero-order valence-electron chi connectivity index (χ0n) is 1.75. The summed E-state index contributed by atoms with van der Waals surface area (Å²) in [6.45, 7) is 0. The second-order valence-corrected chi connectivity index (χ2v) is 1.27. The molecular weight excluding hydrogens is 127 g/mol. The first-order valence-corrected chi connectivity index (χ1v) is 2.85. The molecule has 0 fully saturated rings. The Kier molecular flexibility index (Phi) is 1.86. The van der Waals surface area contributed by atoms with Crippen LogP contribution in [0.5, 0.6) is 0 Å². The Morgan fingerprint density at radius 2 is 1.00 bits per heavy atom. The van der Waals surface area contributed by atoms with Crippen LogP contribution >= 0.6 is 0 Å². The van der Waals surface area contributed by atoms with E-state index in [0.29, 0.717) is 0 Å². The Morgan fingerprint density at radius 3 is 1.00 bits per heavy atom. The van der Waals surface area contributed by atoms with Crippen molar-refractivity contribution in [1.82, 2.24) is 0 Å². The van der Waals surface area contributed by atoms with Crippen LogP contribution in [0.2, 0.25) is 0 Å². The van der Waals surface area contributed by atoms with Crippen LogP contribution < -0.4 is 0 Å². The van der Waals surface area contributed by atoms with Crippen molar-refractivity contribution in [2.24, 2.45) is 0 Å². The molecule has 0 rings (SSSR count). The van der Waals surface area contributed by atoms with Crippen LogP contribution in [0.1, 0.15) is 0 Å². The second kappa shape index (κ2) is 1.69. The van der Waals surface area contributed by atoms with Gasteiger partial charge in [0.05, 0.1) is 0 Å². The van der Waals surface area contributed by atoms with E-state index in [2.05, 4.69) is 0 Å². The molecule has 1 radical (unpaired) electrons. The van der Waals surface area contributed by atoms with E-state index in [0.717, 1.165) is 0 Å². The standard InChI is InChI=1S/H3O3Se/c1-4(2)3/h1-3H. The molecule has 0 aromatic rings. The molecule has 0 unspecified atom stereocenters. The van der Waals surface area contributed by atoms with Gasteiger partial charge < -0.3 is 0 Å². The summed E-state index contributed by atoms with van der Waals surface area (Å²) in [5.74, 6) is 0. The van der Waals surface area contributed by atoms with Gasteiger partial charge in [-0.3, -0.25) is 0 Å². The van der Waals surface area contributed by atoms with Crippen LogP contribution in [0, 0.1) is 0 Å². The van der Waals surface area contributed by atoms with Gasteiger partial charge in [-0.05, 0) is 0 Å². The maximum absolute atomic E-state index is 7.29. The van der Waals surface area contributed by atoms with E-state index in [1.165, 1.54) is 0 Å². The number of hydrogen-bond donors (Lipinski definition) is 3. The molecular formula is H3O3Se. The molecule has 4 heteroatoms. The SMILES string of the molecule is O[Se](O)O. The molecule has 4 heavy (non-hydrogen) atoms. The zero-order valence-corrected chi connectivity index (χ0v) is 3.46. The monoisotopic (exact) mass is 131 g/mol. The van der Waals surface area contributed by atoms with Crippen LogP contribution in [0.25, 0.3) is 0 Å². The average Bonchev–Trinajstić information content (AvgIpc) is 0.811. The Labute approximate surface area is 28.4 Å². The van der Waals surface area contributed by atoms with Gasteiger partial charge in [0.1, 0.15) is 0 Å². The van der Waals surface area contributed by atoms with E-state index in [4.69, 9.17) is 12.6 Å². The summed E-state index contributed by atoms with van der Waals surface area (Å²) >= 11 is -3.04. The molecule has 0 aliphatic carbocycles. The van der Waals surface area contributed by atoms with E-state index >= 15 is 0 Å². The molecule has 0 saturated carbocycles. The molecule has 0 heterocycles. The Bertz CT molecular complexity index is 8.00. The minimum absolute atomic E-state index is 3.04. The number of hydrogen-bond acceptors (Lipinski definition) is 3. The van der Waals surface area contributed by atoms with Crippen molar-refractivity contribution in [3.8, 4) is 0 Å². The first-order valence-electron chi connectivity index (χ1n) is 0.548. The summed E-state index contributed by atoms with van der Waals surface area (Å²) in [5, 5.41) is 0. The molecule has 0 spiro atoms. The minimum atomic E-state index is -3.04. The molecule has 0 bridgehead atoms. The van der Waals surface area contributed by atoms with E-state index in [9.17, 15) is 0 Å². The maximum atomic E-state index is 7.29. The van der Waals surface area contributed by atoms with E-state index in [-0.39, 0.29) is 0 Å². The van der Waals surface area contributed by atoms with Gasteiger partial charge in [0.2, 0.25) is 0 Å². The fraction of sp³-hybridized carbons (Fsp3) is 0. The van der Waals surface area contributed by atoms with Crippen molar-refractivity contribution in [3.05, 3.63) is 0 Å². The summed E-state index contributed by atoms with van der Waals surface area (Å²) in [5.41, 5.74) is 0. The van der Waals surface area contributed by atoms with Gasteiger partial charge in [0, 0.05) is 0 Å². The summed E-state index contributed by atoms with van der Waals surface area (Å²) < 4.78 is 21.9. The number of rotatable bonds is 0. The molecule has 0 aliphatic rings. The van der Waals surface area contributed by atoms with Gasteiger partial charge >= 0.3 is 27.5 Å². The van der Waals surface area contributed by atoms with Crippen LogP contribution in [-0.2, 0) is 0 Å². The quantitative estimate of drug-likeness (QED) is 0.331. The predicted octanol–water partition coefficient (Wildman–Crippen LogP) is -2.05. The van der Waals surface area contributed by atoms with Gasteiger partial charge in [-0.1, -0.05) is 0 Å². The van der Waals surface area contributed by atoms with Crippen molar-refractivity contribution in [3.63, 3.8) is 0 Å². The van der Waals surface area contributed by atoms with Crippen molar-refractivity contribution in [1.29, 1.82) is 0 Å². The normalized spacial score (nSPS) is 9.00. The fourth-order valence-electron chi connectivity index (χ4n) is 0. The van der Waals surface area contributed by atoms with Gasteiger partial charge in [-0.15, -0.1) is 0 Å². The second-order valence-electron chi connectivity index (χ2n) is 0.245. The summed E-state index contributed by atoms with van der Waals surface area (Å²) in [6, 6.07) is 0. The summed E-state index contributed by atoms with van der Waals surface area (Å²) in [7, 11) is 0. The molecule has 0 atom stereocenters. The van der Waals surface area contributed by atoms with E-state index < -0.39 is 14.9 Å². The van der Waals surface area contributed by atoms with Crippen LogP contribution in [-0.4, -0.2) is 27.5 Å². The van der Waals surface area contributed by atoms with E-state index in [1.54, 1.807) is 0 Å². The average molecular weight is 130 g/mol. The Morgan fingerprint density at radius 1 is 1.00 bits per heavy atom. The topological polar surface area (TPSA) is 60.7 Å². The van der Waals surface area contributed by atoms with Gasteiger partial charge in [-0.25, -0.2) is 0 Å². The molecule has 0 saturated heterocycles. The first kappa shape index (κ1) is 4.40. The van der Waals surface area contributed by atoms with Crippen molar-refractivity contribution in [2.45, 2.75) is 0 Å². The van der Waals surface area contributed by atoms with Crippen LogP contribution in [0.15, 0.2) is 0 Å². The van der Waals surface area contributed by atoms with E-state index in [1.807, 2.05) is 0 Å². The van der Waals surface area contributed by atoms with Crippen LogP contribution in [0.3, 0.4) is 0 Å². The summed E-state index contributed by atoms with van der Waals surface area (Å²) in [6.07, 6.45) is 0. The van der Waals surface area contributed by atoms with Crippen molar-refractivity contribution >= 4 is 14.9 Å². The third kappa shape index (κ3) is 29.4. The van der Waals surface area contributed by atoms with Crippen molar-refractivity contribution in [2.75, 3.05) is 0 Å². The fourth-order valence-corrected chi connectivity index (χ4v) is 0. The van der Waals surface area contributed by atoms with Gasteiger partial charge in [0.15, 0.2) is 0 Å². The molecule has 3 nitrogen and oxygen atoms in total. The van der Waals surface area contributed by atoms with Gasteiger partial charge in [0.25, 0.3) is 0 Å². The molecule has 0 amide bonds. The molecule has 0 aromatic carbocycles.